The van der Waals surface area contributed by atoms with Crippen LogP contribution in [0.1, 0.15) is 33.6 Å². The van der Waals surface area contributed by atoms with Crippen molar-refractivity contribution in [3.8, 4) is 0 Å². The third kappa shape index (κ3) is 3.80. The van der Waals surface area contributed by atoms with E-state index in [0.717, 1.165) is 0 Å². The number of aliphatic hydroxyl groups is 1. The second-order valence-corrected chi connectivity index (χ2v) is 5.10. The molecule has 0 fully saturated rings. The fourth-order valence-electron chi connectivity index (χ4n) is 1.80. The minimum absolute atomic E-state index is 0.0860. The van der Waals surface area contributed by atoms with Gasteiger partial charge < -0.3 is 10.0 Å². The third-order valence-corrected chi connectivity index (χ3v) is 2.70. The molecule has 1 aliphatic rings. The van der Waals surface area contributed by atoms with Gasteiger partial charge in [0, 0.05) is 33.0 Å². The molecule has 1 aliphatic heterocycles. The maximum absolute atomic E-state index is 12.2. The summed E-state index contributed by atoms with van der Waals surface area (Å²) in [6, 6.07) is 0. The molecule has 0 aromatic rings. The molecule has 0 bridgehead atoms. The average Bonchev–Trinajstić information content (AvgIpc) is 2.27. The lowest BCUT2D eigenvalue weighted by atomic mass is 10.1. The molecule has 1 heterocycles. The largest absolute Gasteiger partial charge is 0.389 e. The van der Waals surface area contributed by atoms with Gasteiger partial charge in [-0.3, -0.25) is 9.59 Å². The fraction of sp³-hybridized carbons (Fsp3) is 0.750. The van der Waals surface area contributed by atoms with E-state index in [0.29, 0.717) is 25.1 Å². The first-order chi connectivity index (χ1) is 8.24. The normalized spacial score (nSPS) is 16.6. The van der Waals surface area contributed by atoms with Crippen molar-refractivity contribution < 1.29 is 14.7 Å². The van der Waals surface area contributed by atoms with Gasteiger partial charge in [-0.2, -0.15) is 5.10 Å². The first kappa shape index (κ1) is 14.6. The SMILES string of the molecule is CCN(CC(C)(C)O)C(=O)C1=NN(C)C(=O)CC1. The standard InChI is InChI=1S/C12H21N3O3/c1-5-15(8-12(2,3)18)11(17)9-6-7-10(16)14(4)13-9/h18H,5-8H2,1-4H3. The summed E-state index contributed by atoms with van der Waals surface area (Å²) in [5, 5.41) is 15.0. The van der Waals surface area contributed by atoms with Crippen molar-refractivity contribution in [3.63, 3.8) is 0 Å². The molecule has 1 rings (SSSR count). The predicted molar refractivity (Wildman–Crippen MR) is 68.0 cm³/mol. The molecule has 6 nitrogen and oxygen atoms in total. The van der Waals surface area contributed by atoms with Crippen LogP contribution in [0.2, 0.25) is 0 Å². The number of rotatable bonds is 4. The monoisotopic (exact) mass is 255 g/mol. The first-order valence-electron chi connectivity index (χ1n) is 6.10. The number of carbonyl (C=O) groups is 2. The summed E-state index contributed by atoms with van der Waals surface area (Å²) < 4.78 is 0. The highest BCUT2D eigenvalue weighted by molar-refractivity contribution is 6.39. The van der Waals surface area contributed by atoms with Crippen LogP contribution in [0.3, 0.4) is 0 Å². The van der Waals surface area contributed by atoms with E-state index >= 15 is 0 Å². The summed E-state index contributed by atoms with van der Waals surface area (Å²) >= 11 is 0. The van der Waals surface area contributed by atoms with Gasteiger partial charge >= 0.3 is 0 Å². The number of amides is 2. The van der Waals surface area contributed by atoms with Crippen LogP contribution >= 0.6 is 0 Å². The van der Waals surface area contributed by atoms with Crippen LogP contribution in [-0.2, 0) is 9.59 Å². The second-order valence-electron chi connectivity index (χ2n) is 5.10. The summed E-state index contributed by atoms with van der Waals surface area (Å²) in [7, 11) is 1.54. The lowest BCUT2D eigenvalue weighted by molar-refractivity contribution is -0.131. The molecule has 0 atom stereocenters. The van der Waals surface area contributed by atoms with Crippen LogP contribution in [-0.4, -0.2) is 58.3 Å². The molecule has 1 N–H and O–H groups in total. The number of likely N-dealkylation sites (N-methyl/N-ethyl adjacent to an activating group) is 1. The Morgan fingerprint density at radius 1 is 1.50 bits per heavy atom. The molecule has 0 radical (unpaired) electrons. The highest BCUT2D eigenvalue weighted by Crippen LogP contribution is 2.11. The topological polar surface area (TPSA) is 73.2 Å². The van der Waals surface area contributed by atoms with Crippen molar-refractivity contribution in [2.45, 2.75) is 39.2 Å². The lowest BCUT2D eigenvalue weighted by Crippen LogP contribution is -2.46. The number of nitrogens with zero attached hydrogens (tertiary/aromatic N) is 3. The van der Waals surface area contributed by atoms with Gasteiger partial charge in [-0.1, -0.05) is 0 Å². The first-order valence-corrected chi connectivity index (χ1v) is 6.10. The molecule has 102 valence electrons. The van der Waals surface area contributed by atoms with Gasteiger partial charge in [-0.05, 0) is 20.8 Å². The Labute approximate surface area is 107 Å². The van der Waals surface area contributed by atoms with E-state index < -0.39 is 5.60 Å². The maximum atomic E-state index is 12.2. The summed E-state index contributed by atoms with van der Waals surface area (Å²) in [6.45, 7) is 5.91. The summed E-state index contributed by atoms with van der Waals surface area (Å²) in [4.78, 5) is 25.0. The molecule has 6 heteroatoms. The van der Waals surface area contributed by atoms with Crippen molar-refractivity contribution in [1.29, 1.82) is 0 Å². The van der Waals surface area contributed by atoms with E-state index in [1.807, 2.05) is 6.92 Å². The molecule has 0 spiro atoms. The quantitative estimate of drug-likeness (QED) is 0.780. The van der Waals surface area contributed by atoms with Gasteiger partial charge in [-0.15, -0.1) is 0 Å². The average molecular weight is 255 g/mol. The van der Waals surface area contributed by atoms with Crippen LogP contribution in [0.5, 0.6) is 0 Å². The lowest BCUT2D eigenvalue weighted by Gasteiger charge is -2.29. The molecular weight excluding hydrogens is 234 g/mol. The van der Waals surface area contributed by atoms with Gasteiger partial charge in [0.1, 0.15) is 5.71 Å². The van der Waals surface area contributed by atoms with Gasteiger partial charge in [0.15, 0.2) is 0 Å². The molecule has 0 aliphatic carbocycles. The number of hydrogen-bond acceptors (Lipinski definition) is 4. The molecule has 0 aromatic carbocycles. The van der Waals surface area contributed by atoms with Crippen molar-refractivity contribution in [1.82, 2.24) is 9.91 Å². The molecule has 0 aromatic heterocycles. The van der Waals surface area contributed by atoms with Gasteiger partial charge in [-0.25, -0.2) is 5.01 Å². The zero-order valence-electron chi connectivity index (χ0n) is 11.4. The highest BCUT2D eigenvalue weighted by atomic mass is 16.3. The minimum atomic E-state index is -0.942. The van der Waals surface area contributed by atoms with E-state index in [4.69, 9.17) is 0 Å². The highest BCUT2D eigenvalue weighted by Gasteiger charge is 2.28. The Hall–Kier alpha value is -1.43. The maximum Gasteiger partial charge on any atom is 0.270 e. The van der Waals surface area contributed by atoms with E-state index in [1.54, 1.807) is 25.8 Å². The molecule has 0 saturated heterocycles. The van der Waals surface area contributed by atoms with Gasteiger partial charge in [0.05, 0.1) is 5.60 Å². The Balaban J connectivity index is 2.79. The van der Waals surface area contributed by atoms with Crippen LogP contribution in [0.25, 0.3) is 0 Å². The number of hydrazone groups is 1. The van der Waals surface area contributed by atoms with Crippen LogP contribution in [0.15, 0.2) is 5.10 Å². The zero-order chi connectivity index (χ0) is 13.9. The number of carbonyl (C=O) groups excluding carboxylic acids is 2. The fourth-order valence-corrected chi connectivity index (χ4v) is 1.80. The van der Waals surface area contributed by atoms with Crippen molar-refractivity contribution in [2.75, 3.05) is 20.1 Å². The summed E-state index contributed by atoms with van der Waals surface area (Å²) in [6.07, 6.45) is 0.672. The molecule has 0 saturated carbocycles. The minimum Gasteiger partial charge on any atom is -0.389 e. The predicted octanol–water partition coefficient (Wildman–Crippen LogP) is 0.214. The Morgan fingerprint density at radius 3 is 2.56 bits per heavy atom. The van der Waals surface area contributed by atoms with Crippen LogP contribution in [0.4, 0.5) is 0 Å². The smallest absolute Gasteiger partial charge is 0.270 e. The molecule has 2 amide bonds. The van der Waals surface area contributed by atoms with E-state index in [2.05, 4.69) is 5.10 Å². The van der Waals surface area contributed by atoms with Crippen molar-refractivity contribution in [3.05, 3.63) is 0 Å². The van der Waals surface area contributed by atoms with Gasteiger partial charge in [0.2, 0.25) is 5.91 Å². The molecular formula is C12H21N3O3. The van der Waals surface area contributed by atoms with Crippen molar-refractivity contribution in [2.24, 2.45) is 5.10 Å². The molecule has 18 heavy (non-hydrogen) atoms. The van der Waals surface area contributed by atoms with Crippen LogP contribution < -0.4 is 0 Å². The van der Waals surface area contributed by atoms with E-state index in [-0.39, 0.29) is 18.4 Å². The Bertz CT molecular complexity index is 371. The Morgan fingerprint density at radius 2 is 2.11 bits per heavy atom. The Kier molecular flexibility index (Phi) is 4.45. The second kappa shape index (κ2) is 5.48. The third-order valence-electron chi connectivity index (χ3n) is 2.70. The van der Waals surface area contributed by atoms with Gasteiger partial charge in [0.25, 0.3) is 5.91 Å². The van der Waals surface area contributed by atoms with Crippen LogP contribution in [0, 0.1) is 0 Å². The zero-order valence-corrected chi connectivity index (χ0v) is 11.4. The summed E-state index contributed by atoms with van der Waals surface area (Å²) in [5.74, 6) is -0.295. The van der Waals surface area contributed by atoms with E-state index in [1.165, 1.54) is 5.01 Å². The van der Waals surface area contributed by atoms with Crippen molar-refractivity contribution >= 4 is 17.5 Å². The molecule has 0 unspecified atom stereocenters. The summed E-state index contributed by atoms with van der Waals surface area (Å²) in [5.41, 5.74) is -0.564. The van der Waals surface area contributed by atoms with E-state index in [9.17, 15) is 14.7 Å². The number of hydrogen-bond donors (Lipinski definition) is 1.